The van der Waals surface area contributed by atoms with Gasteiger partial charge in [0.05, 0.1) is 0 Å². The first-order chi connectivity index (χ1) is 7.66. The van der Waals surface area contributed by atoms with Crippen LogP contribution < -0.4 is 5.73 Å². The van der Waals surface area contributed by atoms with Gasteiger partial charge in [-0.25, -0.2) is 0 Å². The molecule has 0 bridgehead atoms. The zero-order chi connectivity index (χ0) is 11.5. The van der Waals surface area contributed by atoms with Gasteiger partial charge < -0.3 is 5.73 Å². The number of nitrogens with two attached hydrogens (primary N) is 1. The minimum Gasteiger partial charge on any atom is -0.326 e. The standard InChI is InChI=1S/C12H19NS3/c1-8-9(2)16-12(7-15-8)11(13)6-10-4-3-5-14-10/h3-5,8-9,11-12H,6-7,13H2,1-2H3. The number of hydrogen-bond acceptors (Lipinski definition) is 4. The van der Waals surface area contributed by atoms with Gasteiger partial charge in [0.1, 0.15) is 0 Å². The Kier molecular flexibility index (Phi) is 4.65. The molecule has 1 aromatic heterocycles. The Hall–Kier alpha value is 0.360. The maximum atomic E-state index is 6.32. The Labute approximate surface area is 111 Å². The third-order valence-corrected chi connectivity index (χ3v) is 7.54. The van der Waals surface area contributed by atoms with E-state index in [9.17, 15) is 0 Å². The minimum atomic E-state index is 0.311. The molecule has 4 atom stereocenters. The van der Waals surface area contributed by atoms with E-state index in [-0.39, 0.29) is 0 Å². The Bertz CT molecular complexity index is 312. The molecule has 2 N–H and O–H groups in total. The number of hydrogen-bond donors (Lipinski definition) is 1. The van der Waals surface area contributed by atoms with Gasteiger partial charge in [0, 0.05) is 32.4 Å². The first-order valence-corrected chi connectivity index (χ1v) is 8.59. The molecule has 0 aromatic carbocycles. The van der Waals surface area contributed by atoms with Crippen LogP contribution in [-0.4, -0.2) is 27.5 Å². The van der Waals surface area contributed by atoms with Crippen LogP contribution in [0.1, 0.15) is 18.7 Å². The van der Waals surface area contributed by atoms with Crippen molar-refractivity contribution in [1.82, 2.24) is 0 Å². The van der Waals surface area contributed by atoms with Crippen LogP contribution >= 0.6 is 34.9 Å². The third-order valence-electron chi connectivity index (χ3n) is 3.07. The average Bonchev–Trinajstić information content (AvgIpc) is 2.74. The molecule has 1 fully saturated rings. The lowest BCUT2D eigenvalue weighted by atomic mass is 10.1. The summed E-state index contributed by atoms with van der Waals surface area (Å²) in [6.07, 6.45) is 1.04. The van der Waals surface area contributed by atoms with E-state index in [1.807, 2.05) is 11.3 Å². The Morgan fingerprint density at radius 2 is 2.25 bits per heavy atom. The third kappa shape index (κ3) is 3.19. The average molecular weight is 273 g/mol. The molecule has 1 saturated heterocycles. The van der Waals surface area contributed by atoms with E-state index >= 15 is 0 Å². The first kappa shape index (κ1) is 12.8. The van der Waals surface area contributed by atoms with E-state index in [0.29, 0.717) is 11.3 Å². The van der Waals surface area contributed by atoms with Crippen molar-refractivity contribution in [2.24, 2.45) is 5.73 Å². The van der Waals surface area contributed by atoms with E-state index in [0.717, 1.165) is 16.9 Å². The number of rotatable bonds is 3. The van der Waals surface area contributed by atoms with Gasteiger partial charge in [-0.3, -0.25) is 0 Å². The summed E-state index contributed by atoms with van der Waals surface area (Å²) < 4.78 is 0. The topological polar surface area (TPSA) is 26.0 Å². The first-order valence-electron chi connectivity index (χ1n) is 5.72. The second-order valence-electron chi connectivity index (χ2n) is 4.37. The molecule has 1 nitrogen and oxygen atoms in total. The van der Waals surface area contributed by atoms with Crippen molar-refractivity contribution in [2.45, 2.75) is 42.1 Å². The maximum Gasteiger partial charge on any atom is 0.0296 e. The van der Waals surface area contributed by atoms with Crippen LogP contribution in [0.25, 0.3) is 0 Å². The van der Waals surface area contributed by atoms with E-state index < -0.39 is 0 Å². The normalized spacial score (nSPS) is 32.6. The number of thioether (sulfide) groups is 2. The van der Waals surface area contributed by atoms with Crippen LogP contribution in [0.3, 0.4) is 0 Å². The summed E-state index contributed by atoms with van der Waals surface area (Å²) in [5.74, 6) is 1.21. The van der Waals surface area contributed by atoms with Crippen LogP contribution in [-0.2, 0) is 6.42 Å². The van der Waals surface area contributed by atoms with Crippen LogP contribution in [0.4, 0.5) is 0 Å². The van der Waals surface area contributed by atoms with Crippen molar-refractivity contribution in [3.8, 4) is 0 Å². The summed E-state index contributed by atoms with van der Waals surface area (Å²) >= 11 is 5.98. The predicted molar refractivity (Wildman–Crippen MR) is 78.8 cm³/mol. The van der Waals surface area contributed by atoms with Gasteiger partial charge in [0.2, 0.25) is 0 Å². The molecule has 1 aliphatic rings. The Morgan fingerprint density at radius 1 is 1.44 bits per heavy atom. The van der Waals surface area contributed by atoms with Crippen molar-refractivity contribution in [1.29, 1.82) is 0 Å². The molecule has 2 rings (SSSR count). The molecule has 2 heterocycles. The summed E-state index contributed by atoms with van der Waals surface area (Å²) in [4.78, 5) is 1.42. The molecular weight excluding hydrogens is 254 g/mol. The van der Waals surface area contributed by atoms with E-state index in [1.165, 1.54) is 10.6 Å². The lowest BCUT2D eigenvalue weighted by molar-refractivity contribution is 0.662. The van der Waals surface area contributed by atoms with Gasteiger partial charge in [-0.05, 0) is 17.9 Å². The van der Waals surface area contributed by atoms with E-state index in [2.05, 4.69) is 54.9 Å². The fourth-order valence-electron chi connectivity index (χ4n) is 1.82. The summed E-state index contributed by atoms with van der Waals surface area (Å²) in [6.45, 7) is 4.65. The van der Waals surface area contributed by atoms with Gasteiger partial charge in [0.25, 0.3) is 0 Å². The molecule has 90 valence electrons. The van der Waals surface area contributed by atoms with Crippen molar-refractivity contribution in [3.05, 3.63) is 22.4 Å². The molecule has 0 aliphatic carbocycles. The van der Waals surface area contributed by atoms with Gasteiger partial charge in [-0.15, -0.1) is 11.3 Å². The summed E-state index contributed by atoms with van der Waals surface area (Å²) in [5, 5.41) is 4.27. The minimum absolute atomic E-state index is 0.311. The maximum absolute atomic E-state index is 6.32. The zero-order valence-electron chi connectivity index (χ0n) is 9.76. The van der Waals surface area contributed by atoms with Crippen LogP contribution in [0, 0.1) is 0 Å². The van der Waals surface area contributed by atoms with Gasteiger partial charge >= 0.3 is 0 Å². The summed E-state index contributed by atoms with van der Waals surface area (Å²) in [6, 6.07) is 4.61. The molecule has 0 amide bonds. The van der Waals surface area contributed by atoms with Crippen molar-refractivity contribution < 1.29 is 0 Å². The Morgan fingerprint density at radius 3 is 2.88 bits per heavy atom. The molecule has 16 heavy (non-hydrogen) atoms. The highest BCUT2D eigenvalue weighted by Crippen LogP contribution is 2.37. The monoisotopic (exact) mass is 273 g/mol. The summed E-state index contributed by atoms with van der Waals surface area (Å²) in [5.41, 5.74) is 6.32. The molecule has 0 spiro atoms. The molecule has 1 aliphatic heterocycles. The largest absolute Gasteiger partial charge is 0.326 e. The second kappa shape index (κ2) is 5.80. The zero-order valence-corrected chi connectivity index (χ0v) is 12.2. The molecule has 4 unspecified atom stereocenters. The van der Waals surface area contributed by atoms with Crippen LogP contribution in [0.5, 0.6) is 0 Å². The van der Waals surface area contributed by atoms with Gasteiger partial charge in [-0.1, -0.05) is 19.9 Å². The smallest absolute Gasteiger partial charge is 0.0296 e. The summed E-state index contributed by atoms with van der Waals surface area (Å²) in [7, 11) is 0. The lowest BCUT2D eigenvalue weighted by Gasteiger charge is -2.34. The molecule has 0 saturated carbocycles. The molecule has 1 aromatic rings. The highest BCUT2D eigenvalue weighted by Gasteiger charge is 2.29. The van der Waals surface area contributed by atoms with Crippen molar-refractivity contribution in [2.75, 3.05) is 5.75 Å². The second-order valence-corrected chi connectivity index (χ2v) is 8.43. The van der Waals surface area contributed by atoms with E-state index in [1.54, 1.807) is 0 Å². The van der Waals surface area contributed by atoms with Crippen LogP contribution in [0.15, 0.2) is 17.5 Å². The number of thiophene rings is 1. The van der Waals surface area contributed by atoms with Crippen molar-refractivity contribution in [3.63, 3.8) is 0 Å². The fourth-order valence-corrected chi connectivity index (χ4v) is 5.66. The van der Waals surface area contributed by atoms with Crippen molar-refractivity contribution >= 4 is 34.9 Å². The lowest BCUT2D eigenvalue weighted by Crippen LogP contribution is -2.41. The Balaban J connectivity index is 1.88. The molecule has 4 heteroatoms. The van der Waals surface area contributed by atoms with Gasteiger partial charge in [0.15, 0.2) is 0 Å². The SMILES string of the molecule is CC1SCC(C(N)Cc2cccs2)SC1C. The van der Waals surface area contributed by atoms with Gasteiger partial charge in [-0.2, -0.15) is 23.5 Å². The predicted octanol–water partition coefficient (Wildman–Crippen LogP) is 3.24. The molecule has 0 radical (unpaired) electrons. The molecular formula is C12H19NS3. The quantitative estimate of drug-likeness (QED) is 0.915. The fraction of sp³-hybridized carbons (Fsp3) is 0.667. The highest BCUT2D eigenvalue weighted by molar-refractivity contribution is 8.07. The van der Waals surface area contributed by atoms with E-state index in [4.69, 9.17) is 5.73 Å². The van der Waals surface area contributed by atoms with Crippen LogP contribution in [0.2, 0.25) is 0 Å². The highest BCUT2D eigenvalue weighted by atomic mass is 32.2.